The number of sulfone groups is 1. The van der Waals surface area contributed by atoms with E-state index < -0.39 is 15.1 Å². The van der Waals surface area contributed by atoms with Crippen molar-refractivity contribution in [1.29, 1.82) is 0 Å². The minimum Gasteiger partial charge on any atom is -0.368 e. The smallest absolute Gasteiger partial charge is 0.253 e. The highest BCUT2D eigenvalue weighted by Crippen LogP contribution is 2.22. The number of piperazine rings is 1. The van der Waals surface area contributed by atoms with Crippen molar-refractivity contribution in [1.82, 2.24) is 4.90 Å². The molecule has 0 N–H and O–H groups in total. The van der Waals surface area contributed by atoms with Crippen molar-refractivity contribution in [2.24, 2.45) is 0 Å². The molecular weight excluding hydrogens is 384 g/mol. The fourth-order valence-corrected chi connectivity index (χ4v) is 4.33. The van der Waals surface area contributed by atoms with E-state index in [4.69, 9.17) is 11.6 Å². The molecule has 7 heteroatoms. The highest BCUT2D eigenvalue weighted by molar-refractivity contribution is 7.92. The first kappa shape index (κ1) is 19.7. The number of hydrogen-bond donors (Lipinski definition) is 0. The summed E-state index contributed by atoms with van der Waals surface area (Å²) in [5.41, 5.74) is 1.56. The molecule has 1 amide bonds. The van der Waals surface area contributed by atoms with Crippen LogP contribution in [0.1, 0.15) is 24.2 Å². The number of amides is 1. The van der Waals surface area contributed by atoms with Crippen molar-refractivity contribution >= 4 is 33.0 Å². The van der Waals surface area contributed by atoms with E-state index in [1.54, 1.807) is 30.9 Å². The van der Waals surface area contributed by atoms with Gasteiger partial charge in [0.2, 0.25) is 0 Å². The maximum absolute atomic E-state index is 12.7. The van der Waals surface area contributed by atoms with E-state index in [0.29, 0.717) is 23.7 Å². The summed E-state index contributed by atoms with van der Waals surface area (Å²) in [4.78, 5) is 17.0. The van der Waals surface area contributed by atoms with Crippen LogP contribution in [-0.4, -0.2) is 50.7 Å². The molecular formula is C20H23ClN2O3S. The van der Waals surface area contributed by atoms with Gasteiger partial charge in [0, 0.05) is 42.5 Å². The number of nitrogens with zero attached hydrogens (tertiary/aromatic N) is 2. The number of hydrogen-bond acceptors (Lipinski definition) is 4. The van der Waals surface area contributed by atoms with Gasteiger partial charge in [-0.1, -0.05) is 17.7 Å². The number of benzene rings is 2. The Morgan fingerprint density at radius 2 is 1.63 bits per heavy atom. The zero-order chi connectivity index (χ0) is 19.6. The van der Waals surface area contributed by atoms with Gasteiger partial charge in [0.1, 0.15) is 0 Å². The lowest BCUT2D eigenvalue weighted by Gasteiger charge is -2.36. The number of halogens is 1. The minimum absolute atomic E-state index is 0.0748. The second kappa shape index (κ2) is 7.90. The molecule has 1 aliphatic heterocycles. The molecule has 0 aromatic heterocycles. The Bertz CT molecular complexity index is 918. The molecule has 2 aromatic rings. The predicted molar refractivity (Wildman–Crippen MR) is 108 cm³/mol. The molecule has 1 fully saturated rings. The molecule has 5 nitrogen and oxygen atoms in total. The molecule has 144 valence electrons. The van der Waals surface area contributed by atoms with Gasteiger partial charge in [0.25, 0.3) is 5.91 Å². The Morgan fingerprint density at radius 1 is 1.00 bits per heavy atom. The molecule has 1 heterocycles. The van der Waals surface area contributed by atoms with Crippen LogP contribution in [0.2, 0.25) is 5.02 Å². The Kier molecular flexibility index (Phi) is 5.77. The number of carbonyl (C=O) groups is 1. The van der Waals surface area contributed by atoms with Gasteiger partial charge in [-0.2, -0.15) is 0 Å². The number of anilines is 1. The van der Waals surface area contributed by atoms with Gasteiger partial charge < -0.3 is 9.80 Å². The van der Waals surface area contributed by atoms with E-state index in [0.717, 1.165) is 18.8 Å². The third kappa shape index (κ3) is 4.28. The summed E-state index contributed by atoms with van der Waals surface area (Å²) >= 11 is 6.05. The minimum atomic E-state index is -3.33. The van der Waals surface area contributed by atoms with Crippen LogP contribution in [0.4, 0.5) is 5.69 Å². The molecule has 1 saturated heterocycles. The van der Waals surface area contributed by atoms with Gasteiger partial charge in [-0.3, -0.25) is 4.79 Å². The third-order valence-electron chi connectivity index (χ3n) is 4.79. The van der Waals surface area contributed by atoms with Crippen molar-refractivity contribution in [3.63, 3.8) is 0 Å². The van der Waals surface area contributed by atoms with Crippen molar-refractivity contribution < 1.29 is 13.2 Å². The lowest BCUT2D eigenvalue weighted by Crippen LogP contribution is -2.48. The SMILES string of the molecule is CC(C)S(=O)(=O)c1ccc(C(=O)N2CCN(c3cccc(Cl)c3)CC2)cc1. The summed E-state index contributed by atoms with van der Waals surface area (Å²) in [6.45, 7) is 5.97. The van der Waals surface area contributed by atoms with Crippen molar-refractivity contribution in [3.05, 3.63) is 59.1 Å². The first-order valence-electron chi connectivity index (χ1n) is 8.93. The maximum atomic E-state index is 12.7. The quantitative estimate of drug-likeness (QED) is 0.779. The van der Waals surface area contributed by atoms with Crippen LogP contribution in [0.3, 0.4) is 0 Å². The summed E-state index contributed by atoms with van der Waals surface area (Å²) in [5.74, 6) is -0.0748. The number of rotatable bonds is 4. The van der Waals surface area contributed by atoms with E-state index in [-0.39, 0.29) is 10.8 Å². The Labute approximate surface area is 165 Å². The summed E-state index contributed by atoms with van der Waals surface area (Å²) in [5, 5.41) is 0.209. The van der Waals surface area contributed by atoms with Gasteiger partial charge in [0.15, 0.2) is 9.84 Å². The number of carbonyl (C=O) groups excluding carboxylic acids is 1. The summed E-state index contributed by atoms with van der Waals surface area (Å²) in [7, 11) is -3.33. The molecule has 0 radical (unpaired) electrons. The Morgan fingerprint density at radius 3 is 2.19 bits per heavy atom. The van der Waals surface area contributed by atoms with Crippen LogP contribution in [0, 0.1) is 0 Å². The van der Waals surface area contributed by atoms with Crippen LogP contribution in [0.5, 0.6) is 0 Å². The third-order valence-corrected chi connectivity index (χ3v) is 7.20. The summed E-state index contributed by atoms with van der Waals surface area (Å²) in [6.07, 6.45) is 0. The van der Waals surface area contributed by atoms with Gasteiger partial charge >= 0.3 is 0 Å². The molecule has 0 saturated carbocycles. The van der Waals surface area contributed by atoms with Crippen LogP contribution in [0.15, 0.2) is 53.4 Å². The lowest BCUT2D eigenvalue weighted by molar-refractivity contribution is 0.0746. The highest BCUT2D eigenvalue weighted by atomic mass is 35.5. The molecule has 2 aromatic carbocycles. The van der Waals surface area contributed by atoms with Crippen LogP contribution in [0.25, 0.3) is 0 Å². The first-order chi connectivity index (χ1) is 12.8. The van der Waals surface area contributed by atoms with Gasteiger partial charge in [-0.15, -0.1) is 0 Å². The average molecular weight is 407 g/mol. The monoisotopic (exact) mass is 406 g/mol. The fourth-order valence-electron chi connectivity index (χ4n) is 3.08. The standard InChI is InChI=1S/C20H23ClN2O3S/c1-15(2)27(25,26)19-8-6-16(7-9-19)20(24)23-12-10-22(11-13-23)18-5-3-4-17(21)14-18/h3-9,14-15H,10-13H2,1-2H3. The zero-order valence-corrected chi connectivity index (χ0v) is 17.0. The average Bonchev–Trinajstić information content (AvgIpc) is 2.67. The molecule has 0 unspecified atom stereocenters. The van der Waals surface area contributed by atoms with Crippen LogP contribution < -0.4 is 4.90 Å². The van der Waals surface area contributed by atoms with E-state index in [1.807, 2.05) is 24.3 Å². The molecule has 0 bridgehead atoms. The second-order valence-corrected chi connectivity index (χ2v) is 9.82. The fraction of sp³-hybridized carbons (Fsp3) is 0.350. The van der Waals surface area contributed by atoms with E-state index in [2.05, 4.69) is 4.90 Å². The van der Waals surface area contributed by atoms with E-state index in [1.165, 1.54) is 12.1 Å². The molecule has 3 rings (SSSR count). The van der Waals surface area contributed by atoms with Gasteiger partial charge in [-0.25, -0.2) is 8.42 Å². The molecule has 0 aliphatic carbocycles. The molecule has 27 heavy (non-hydrogen) atoms. The molecule has 0 atom stereocenters. The maximum Gasteiger partial charge on any atom is 0.253 e. The highest BCUT2D eigenvalue weighted by Gasteiger charge is 2.24. The Hall–Kier alpha value is -2.05. The van der Waals surface area contributed by atoms with Crippen LogP contribution >= 0.6 is 11.6 Å². The molecule has 0 spiro atoms. The van der Waals surface area contributed by atoms with Crippen LogP contribution in [-0.2, 0) is 9.84 Å². The topological polar surface area (TPSA) is 57.7 Å². The summed E-state index contributed by atoms with van der Waals surface area (Å²) < 4.78 is 24.4. The Balaban J connectivity index is 1.66. The van der Waals surface area contributed by atoms with E-state index >= 15 is 0 Å². The largest absolute Gasteiger partial charge is 0.368 e. The van der Waals surface area contributed by atoms with Crippen molar-refractivity contribution in [2.75, 3.05) is 31.1 Å². The predicted octanol–water partition coefficient (Wildman–Crippen LogP) is 3.48. The first-order valence-corrected chi connectivity index (χ1v) is 10.9. The summed E-state index contributed by atoms with van der Waals surface area (Å²) in [6, 6.07) is 13.9. The van der Waals surface area contributed by atoms with Gasteiger partial charge in [0.05, 0.1) is 10.1 Å². The van der Waals surface area contributed by atoms with Gasteiger partial charge in [-0.05, 0) is 56.3 Å². The van der Waals surface area contributed by atoms with Crippen molar-refractivity contribution in [2.45, 2.75) is 24.0 Å². The normalized spacial score (nSPS) is 15.3. The zero-order valence-electron chi connectivity index (χ0n) is 15.4. The second-order valence-electron chi connectivity index (χ2n) is 6.88. The van der Waals surface area contributed by atoms with Crippen molar-refractivity contribution in [3.8, 4) is 0 Å². The van der Waals surface area contributed by atoms with E-state index in [9.17, 15) is 13.2 Å². The molecule has 1 aliphatic rings. The lowest BCUT2D eigenvalue weighted by atomic mass is 10.1.